The van der Waals surface area contributed by atoms with E-state index in [1.165, 1.54) is 25.7 Å². The van der Waals surface area contributed by atoms with Gasteiger partial charge in [0, 0.05) is 19.3 Å². The number of unbranched alkanes of at least 4 members (excludes halogenated alkanes) is 14. The van der Waals surface area contributed by atoms with Crippen molar-refractivity contribution in [3.8, 4) is 0 Å². The molecule has 0 aliphatic heterocycles. The number of hydrogen-bond donors (Lipinski definition) is 0. The number of hydrogen-bond acceptors (Lipinski definition) is 6. The highest BCUT2D eigenvalue weighted by molar-refractivity contribution is 5.71. The zero-order valence-electron chi connectivity index (χ0n) is 46.1. The molecule has 0 N–H and O–H groups in total. The van der Waals surface area contributed by atoms with Crippen LogP contribution in [-0.4, -0.2) is 37.2 Å². The molecule has 0 saturated carbocycles. The standard InChI is InChI=1S/C67H100O6/c1-4-7-10-13-16-19-22-25-28-31-34-37-39-42-45-48-51-54-57-60-66(69)72-63-64(73-67(70)61-58-55-52-49-46-43-40-36-33-30-27-24-21-18-15-12-9-6-3)62-71-65(68)59-56-53-50-47-44-41-38-35-32-29-26-23-20-17-14-11-8-5-2/h7,10,12,15-21,23-30,32-38,40,42,45,51,54,64H,4-6,8-9,11,13-14,22,31,39,41,43-44,46-50,52-53,55-63H2,1-3H3/b10-7-,15-12-,19-16-,20-17-,21-18-,26-23-,27-24-,28-25-,32-29-,33-30-,37-34-,38-35-,40-36-,45-42-,54-51-. The Kier molecular flexibility index (Phi) is 54.6. The van der Waals surface area contributed by atoms with Crippen LogP contribution in [0.5, 0.6) is 0 Å². The average Bonchev–Trinajstić information content (AvgIpc) is 3.39. The lowest BCUT2D eigenvalue weighted by atomic mass is 10.1. The predicted octanol–water partition coefficient (Wildman–Crippen LogP) is 19.3. The molecule has 0 radical (unpaired) electrons. The quantitative estimate of drug-likeness (QED) is 0.0199. The first-order valence-electron chi connectivity index (χ1n) is 28.4. The number of ether oxygens (including phenoxy) is 3. The maximum atomic E-state index is 12.9. The van der Waals surface area contributed by atoms with Crippen molar-refractivity contribution in [1.82, 2.24) is 0 Å². The summed E-state index contributed by atoms with van der Waals surface area (Å²) in [6.07, 6.45) is 88.7. The Balaban J connectivity index is 4.66. The maximum absolute atomic E-state index is 12.9. The van der Waals surface area contributed by atoms with Crippen molar-refractivity contribution >= 4 is 17.9 Å². The van der Waals surface area contributed by atoms with E-state index in [9.17, 15) is 14.4 Å². The summed E-state index contributed by atoms with van der Waals surface area (Å²) in [5.74, 6) is -1.08. The van der Waals surface area contributed by atoms with Gasteiger partial charge in [0.15, 0.2) is 6.10 Å². The van der Waals surface area contributed by atoms with Crippen LogP contribution in [0.15, 0.2) is 182 Å². The highest BCUT2D eigenvalue weighted by Gasteiger charge is 2.19. The third-order valence-electron chi connectivity index (χ3n) is 11.1. The fraction of sp³-hybridized carbons (Fsp3) is 0.507. The van der Waals surface area contributed by atoms with Gasteiger partial charge >= 0.3 is 17.9 Å². The Morgan fingerprint density at radius 1 is 0.301 bits per heavy atom. The summed E-state index contributed by atoms with van der Waals surface area (Å²) in [5, 5.41) is 0. The monoisotopic (exact) mass is 1000 g/mol. The van der Waals surface area contributed by atoms with Gasteiger partial charge < -0.3 is 14.2 Å². The highest BCUT2D eigenvalue weighted by atomic mass is 16.6. The molecule has 0 saturated heterocycles. The smallest absolute Gasteiger partial charge is 0.306 e. The van der Waals surface area contributed by atoms with Crippen LogP contribution in [0.2, 0.25) is 0 Å². The molecular weight excluding hydrogens is 901 g/mol. The lowest BCUT2D eigenvalue weighted by Crippen LogP contribution is -2.30. The van der Waals surface area contributed by atoms with E-state index in [1.54, 1.807) is 0 Å². The molecule has 0 spiro atoms. The van der Waals surface area contributed by atoms with Crippen LogP contribution < -0.4 is 0 Å². The molecule has 1 atom stereocenters. The molecule has 0 amide bonds. The molecule has 404 valence electrons. The van der Waals surface area contributed by atoms with E-state index < -0.39 is 6.10 Å². The third kappa shape index (κ3) is 57.3. The molecule has 0 aromatic carbocycles. The van der Waals surface area contributed by atoms with E-state index in [2.05, 4.69) is 154 Å². The molecule has 0 aliphatic carbocycles. The molecule has 6 nitrogen and oxygen atoms in total. The molecule has 0 rings (SSSR count). The fourth-order valence-electron chi connectivity index (χ4n) is 6.86. The Bertz CT molecular complexity index is 1770. The molecule has 0 bridgehead atoms. The van der Waals surface area contributed by atoms with Gasteiger partial charge in [0.2, 0.25) is 0 Å². The van der Waals surface area contributed by atoms with Crippen LogP contribution in [-0.2, 0) is 28.6 Å². The highest BCUT2D eigenvalue weighted by Crippen LogP contribution is 2.12. The van der Waals surface area contributed by atoms with Crippen LogP contribution in [0.1, 0.15) is 201 Å². The topological polar surface area (TPSA) is 78.9 Å². The SMILES string of the molecule is CC/C=C\C/C=C\C/C=C\C/C=C\C/C=C\C/C=C\CCC(=O)OCC(COC(=O)CCCCCCC\C=C/C=C\C=C/C=C\CCCCC)OC(=O)CCCCCCC\C=C/C=C\C=C/C=C\C=C/CCC. The first-order valence-corrected chi connectivity index (χ1v) is 28.4. The third-order valence-corrected chi connectivity index (χ3v) is 11.1. The summed E-state index contributed by atoms with van der Waals surface area (Å²) in [7, 11) is 0. The van der Waals surface area contributed by atoms with Crippen molar-refractivity contribution in [2.45, 2.75) is 207 Å². The number of allylic oxidation sites excluding steroid dienone is 30. The van der Waals surface area contributed by atoms with E-state index in [0.717, 1.165) is 122 Å². The summed E-state index contributed by atoms with van der Waals surface area (Å²) in [6.45, 7) is 6.27. The second-order valence-electron chi connectivity index (χ2n) is 18.0. The van der Waals surface area contributed by atoms with Gasteiger partial charge in [-0.2, -0.15) is 0 Å². The Hall–Kier alpha value is -5.49. The summed E-state index contributed by atoms with van der Waals surface area (Å²) >= 11 is 0. The second kappa shape index (κ2) is 59.1. The van der Waals surface area contributed by atoms with Crippen LogP contribution in [0.4, 0.5) is 0 Å². The van der Waals surface area contributed by atoms with Crippen molar-refractivity contribution in [3.05, 3.63) is 182 Å². The van der Waals surface area contributed by atoms with E-state index in [4.69, 9.17) is 14.2 Å². The fourth-order valence-corrected chi connectivity index (χ4v) is 6.86. The zero-order chi connectivity index (χ0) is 52.9. The maximum Gasteiger partial charge on any atom is 0.306 e. The van der Waals surface area contributed by atoms with Gasteiger partial charge in [-0.3, -0.25) is 14.4 Å². The lowest BCUT2D eigenvalue weighted by Gasteiger charge is -2.18. The summed E-state index contributed by atoms with van der Waals surface area (Å²) in [6, 6.07) is 0. The minimum absolute atomic E-state index is 0.135. The van der Waals surface area contributed by atoms with Crippen LogP contribution >= 0.6 is 0 Å². The van der Waals surface area contributed by atoms with Crippen LogP contribution in [0, 0.1) is 0 Å². The van der Waals surface area contributed by atoms with Gasteiger partial charge in [0.05, 0.1) is 0 Å². The van der Waals surface area contributed by atoms with E-state index >= 15 is 0 Å². The van der Waals surface area contributed by atoms with Crippen molar-refractivity contribution < 1.29 is 28.6 Å². The van der Waals surface area contributed by atoms with Crippen LogP contribution in [0.3, 0.4) is 0 Å². The van der Waals surface area contributed by atoms with Gasteiger partial charge in [0.1, 0.15) is 13.2 Å². The first-order chi connectivity index (χ1) is 36.0. The molecular formula is C67H100O6. The molecule has 73 heavy (non-hydrogen) atoms. The molecule has 0 heterocycles. The van der Waals surface area contributed by atoms with E-state index in [-0.39, 0.29) is 44.0 Å². The van der Waals surface area contributed by atoms with Gasteiger partial charge in [0.25, 0.3) is 0 Å². The van der Waals surface area contributed by atoms with Crippen molar-refractivity contribution in [2.24, 2.45) is 0 Å². The second-order valence-corrected chi connectivity index (χ2v) is 18.0. The number of carbonyl (C=O) groups is 3. The molecule has 0 aromatic rings. The van der Waals surface area contributed by atoms with E-state index in [1.807, 2.05) is 48.6 Å². The first kappa shape index (κ1) is 67.5. The van der Waals surface area contributed by atoms with Crippen LogP contribution in [0.25, 0.3) is 0 Å². The minimum Gasteiger partial charge on any atom is -0.462 e. The van der Waals surface area contributed by atoms with Gasteiger partial charge in [-0.1, -0.05) is 261 Å². The normalized spacial score (nSPS) is 13.5. The Labute approximate surface area is 446 Å². The summed E-state index contributed by atoms with van der Waals surface area (Å²) in [5.41, 5.74) is 0. The Morgan fingerprint density at radius 2 is 0.644 bits per heavy atom. The number of carbonyl (C=O) groups excluding carboxylic acids is 3. The van der Waals surface area contributed by atoms with Gasteiger partial charge in [-0.05, 0) is 103 Å². The minimum atomic E-state index is -0.845. The summed E-state index contributed by atoms with van der Waals surface area (Å²) < 4.78 is 16.8. The molecule has 0 fully saturated rings. The molecule has 6 heteroatoms. The zero-order valence-corrected chi connectivity index (χ0v) is 46.1. The van der Waals surface area contributed by atoms with Crippen molar-refractivity contribution in [3.63, 3.8) is 0 Å². The molecule has 0 aliphatic rings. The Morgan fingerprint density at radius 3 is 1.07 bits per heavy atom. The summed E-state index contributed by atoms with van der Waals surface area (Å²) in [4.78, 5) is 38.2. The number of rotatable bonds is 48. The van der Waals surface area contributed by atoms with Crippen molar-refractivity contribution in [2.75, 3.05) is 13.2 Å². The van der Waals surface area contributed by atoms with Crippen molar-refractivity contribution in [1.29, 1.82) is 0 Å². The van der Waals surface area contributed by atoms with E-state index in [0.29, 0.717) is 19.3 Å². The lowest BCUT2D eigenvalue weighted by molar-refractivity contribution is -0.166. The molecule has 1 unspecified atom stereocenters. The van der Waals surface area contributed by atoms with Gasteiger partial charge in [-0.15, -0.1) is 0 Å². The number of esters is 3. The predicted molar refractivity (Wildman–Crippen MR) is 315 cm³/mol. The average molecular weight is 1000 g/mol. The molecule has 0 aromatic heterocycles. The largest absolute Gasteiger partial charge is 0.462 e. The van der Waals surface area contributed by atoms with Gasteiger partial charge in [-0.25, -0.2) is 0 Å².